The molecular weight excluding hydrogens is 663 g/mol. The maximum atomic E-state index is 2.51. The van der Waals surface area contributed by atoms with E-state index in [1.54, 1.807) is 0 Å². The second kappa shape index (κ2) is 12.0. The second-order valence-corrected chi connectivity index (χ2v) is 15.7. The minimum absolute atomic E-state index is 0. The fourth-order valence-electron chi connectivity index (χ4n) is 6.27. The predicted molar refractivity (Wildman–Crippen MR) is 178 cm³/mol. The molecule has 0 aliphatic heterocycles. The van der Waals surface area contributed by atoms with E-state index in [1.165, 1.54) is 76.4 Å². The van der Waals surface area contributed by atoms with Crippen LogP contribution in [0.15, 0.2) is 97.1 Å². The summed E-state index contributed by atoms with van der Waals surface area (Å²) in [5, 5.41) is 8.46. The first-order chi connectivity index (χ1) is 17.8. The Labute approximate surface area is 261 Å². The predicted octanol–water partition coefficient (Wildman–Crippen LogP) is 9.72. The van der Waals surface area contributed by atoms with Gasteiger partial charge in [-0.05, 0) is 61.1 Å². The number of hydrogen-bond donors (Lipinski definition) is 0. The molecule has 0 heterocycles. The van der Waals surface area contributed by atoms with E-state index in [1.807, 2.05) is 0 Å². The fraction of sp³-hybridized carbons (Fsp3) is 0.158. The van der Waals surface area contributed by atoms with E-state index in [0.717, 1.165) is 0 Å². The Kier molecular flexibility index (Phi) is 9.49. The van der Waals surface area contributed by atoms with Gasteiger partial charge in [0.2, 0.25) is 0 Å². The molecule has 0 atom stereocenters. The molecule has 0 saturated heterocycles. The van der Waals surface area contributed by atoms with Crippen molar-refractivity contribution in [2.75, 3.05) is 0 Å². The van der Waals surface area contributed by atoms with Gasteiger partial charge in [-0.2, -0.15) is 12.1 Å². The van der Waals surface area contributed by atoms with Crippen molar-refractivity contribution in [1.29, 1.82) is 0 Å². The van der Waals surface area contributed by atoms with Crippen LogP contribution in [0, 0.1) is 42.5 Å². The molecule has 0 amide bonds. The van der Waals surface area contributed by atoms with Crippen molar-refractivity contribution < 1.29 is 25.8 Å². The SMILES string of the molecule is Cc1cccc(C)c1-c1cccc2[cH-]c([Si](C)(C)c3cc4c(-c5c(C)cccc5C)cccc4[cH-]3)cc12.[CH3-].[CH3-].[Hf+4]. The molecule has 0 bridgehead atoms. The molecule has 0 spiro atoms. The molecule has 0 aliphatic carbocycles. The summed E-state index contributed by atoms with van der Waals surface area (Å²) in [4.78, 5) is 0. The molecule has 6 aromatic rings. The molecule has 0 N–H and O–H groups in total. The molecule has 0 aliphatic rings. The third-order valence-corrected chi connectivity index (χ3v) is 11.9. The number of benzene rings is 4. The Morgan fingerprint density at radius 1 is 0.500 bits per heavy atom. The quantitative estimate of drug-likeness (QED) is 0.127. The third kappa shape index (κ3) is 5.17. The molecule has 0 fully saturated rings. The van der Waals surface area contributed by atoms with Gasteiger partial charge in [0.1, 0.15) is 0 Å². The zero-order valence-electron chi connectivity index (χ0n) is 25.2. The maximum Gasteiger partial charge on any atom is 4.00 e. The van der Waals surface area contributed by atoms with Gasteiger partial charge >= 0.3 is 25.8 Å². The fourth-order valence-corrected chi connectivity index (χ4v) is 8.65. The maximum absolute atomic E-state index is 2.51. The van der Waals surface area contributed by atoms with Crippen LogP contribution in [0.25, 0.3) is 43.8 Å². The van der Waals surface area contributed by atoms with Gasteiger partial charge in [0.15, 0.2) is 0 Å². The first-order valence-electron chi connectivity index (χ1n) is 13.3. The van der Waals surface area contributed by atoms with Crippen LogP contribution in [0.1, 0.15) is 22.3 Å². The largest absolute Gasteiger partial charge is 4.00 e. The van der Waals surface area contributed by atoms with Crippen molar-refractivity contribution in [2.24, 2.45) is 0 Å². The number of rotatable bonds is 4. The van der Waals surface area contributed by atoms with E-state index in [2.05, 4.69) is 138 Å². The number of aryl methyl sites for hydroxylation is 4. The Hall–Kier alpha value is -2.81. The van der Waals surface area contributed by atoms with E-state index in [9.17, 15) is 0 Å². The molecule has 40 heavy (non-hydrogen) atoms. The zero-order valence-corrected chi connectivity index (χ0v) is 29.8. The monoisotopic (exact) mass is 704 g/mol. The smallest absolute Gasteiger partial charge is 0.358 e. The minimum atomic E-state index is -1.92. The molecule has 200 valence electrons. The topological polar surface area (TPSA) is 0 Å². The van der Waals surface area contributed by atoms with E-state index in [0.29, 0.717) is 0 Å². The van der Waals surface area contributed by atoms with Crippen molar-refractivity contribution >= 4 is 40.0 Å². The van der Waals surface area contributed by atoms with Gasteiger partial charge in [-0.1, -0.05) is 72.8 Å². The Balaban J connectivity index is 0.00000147. The summed E-state index contributed by atoms with van der Waals surface area (Å²) in [7, 11) is -1.92. The van der Waals surface area contributed by atoms with Crippen LogP contribution in [-0.2, 0) is 25.8 Å². The summed E-state index contributed by atoms with van der Waals surface area (Å²) in [5.41, 5.74) is 10.8. The summed E-state index contributed by atoms with van der Waals surface area (Å²) in [6, 6.07) is 36.7. The van der Waals surface area contributed by atoms with Crippen LogP contribution in [0.5, 0.6) is 0 Å². The molecule has 0 unspecified atom stereocenters. The first kappa shape index (κ1) is 31.7. The van der Waals surface area contributed by atoms with Gasteiger partial charge in [0.05, 0.1) is 8.07 Å². The zero-order chi connectivity index (χ0) is 25.9. The second-order valence-electron chi connectivity index (χ2n) is 11.3. The summed E-state index contributed by atoms with van der Waals surface area (Å²) < 4.78 is 0. The van der Waals surface area contributed by atoms with E-state index >= 15 is 0 Å². The molecule has 0 nitrogen and oxygen atoms in total. The summed E-state index contributed by atoms with van der Waals surface area (Å²) in [6.07, 6.45) is 0. The van der Waals surface area contributed by atoms with Crippen LogP contribution >= 0.6 is 0 Å². The van der Waals surface area contributed by atoms with Crippen molar-refractivity contribution in [3.8, 4) is 22.3 Å². The number of fused-ring (bicyclic) bond motifs is 2. The van der Waals surface area contributed by atoms with Crippen LogP contribution < -0.4 is 10.4 Å². The van der Waals surface area contributed by atoms with Gasteiger partial charge in [-0.15, -0.1) is 68.3 Å². The van der Waals surface area contributed by atoms with Crippen LogP contribution in [0.2, 0.25) is 13.1 Å². The van der Waals surface area contributed by atoms with Crippen LogP contribution in [-0.4, -0.2) is 8.07 Å². The van der Waals surface area contributed by atoms with Crippen LogP contribution in [0.3, 0.4) is 0 Å². The van der Waals surface area contributed by atoms with Crippen molar-refractivity contribution in [3.63, 3.8) is 0 Å². The molecule has 6 rings (SSSR count). The van der Waals surface area contributed by atoms with Crippen molar-refractivity contribution in [1.82, 2.24) is 0 Å². The van der Waals surface area contributed by atoms with E-state index in [-0.39, 0.29) is 40.7 Å². The molecule has 0 aromatic heterocycles. The molecule has 2 heteroatoms. The normalized spacial score (nSPS) is 11.2. The average molecular weight is 703 g/mol. The van der Waals surface area contributed by atoms with Gasteiger partial charge in [0.25, 0.3) is 0 Å². The Morgan fingerprint density at radius 3 is 1.18 bits per heavy atom. The minimum Gasteiger partial charge on any atom is -0.358 e. The molecule has 6 aromatic carbocycles. The molecule has 0 saturated carbocycles. The van der Waals surface area contributed by atoms with Gasteiger partial charge in [0, 0.05) is 0 Å². The third-order valence-electron chi connectivity index (χ3n) is 8.45. The van der Waals surface area contributed by atoms with Crippen molar-refractivity contribution in [2.45, 2.75) is 40.8 Å². The van der Waals surface area contributed by atoms with Crippen LogP contribution in [0.4, 0.5) is 0 Å². The summed E-state index contributed by atoms with van der Waals surface area (Å²) in [6.45, 7) is 13.9. The Morgan fingerprint density at radius 2 is 0.825 bits per heavy atom. The van der Waals surface area contributed by atoms with Crippen molar-refractivity contribution in [3.05, 3.63) is 134 Å². The molecular formula is C38H40HfSi. The number of hydrogen-bond acceptors (Lipinski definition) is 0. The van der Waals surface area contributed by atoms with E-state index in [4.69, 9.17) is 0 Å². The van der Waals surface area contributed by atoms with Gasteiger partial charge in [-0.3, -0.25) is 0 Å². The average Bonchev–Trinajstić information content (AvgIpc) is 3.50. The van der Waals surface area contributed by atoms with Gasteiger partial charge in [-0.25, -0.2) is 0 Å². The molecule has 0 radical (unpaired) electrons. The summed E-state index contributed by atoms with van der Waals surface area (Å²) in [5.74, 6) is 0. The summed E-state index contributed by atoms with van der Waals surface area (Å²) >= 11 is 0. The van der Waals surface area contributed by atoms with Gasteiger partial charge < -0.3 is 14.9 Å². The standard InChI is InChI=1S/C36H34Si.2CH3.Hf/c1-23-11-7-12-24(2)35(23)31-17-9-15-27-19-29(21-33(27)31)37(5,6)30-20-28-16-10-18-32(34(28)22-30)36-25(3)13-8-14-26(36)4;;;/h7-22H,1-6H3;2*1H3;/q-2;2*-1;+4. The first-order valence-corrected chi connectivity index (χ1v) is 16.3. The van der Waals surface area contributed by atoms with E-state index < -0.39 is 8.07 Å². The Bertz CT molecular complexity index is 1620.